The number of carbonyl (C=O) groups excluding carboxylic acids is 1. The molecule has 2 aromatic carbocycles. The monoisotopic (exact) mass is 396 g/mol. The molecule has 0 saturated heterocycles. The standard InChI is InChI=1S/C18H21ClN2O4S/c1-11-5-7-16(8-6-11)26(23,24)21-20-18(22)14(4)25-17-12(2)9-15(19)10-13(17)3/h5-10,14,21H,1-4H3,(H,20,22)/t14-/m0/s1. The molecule has 0 fully saturated rings. The molecule has 0 spiro atoms. The number of ether oxygens (including phenoxy) is 1. The van der Waals surface area contributed by atoms with Crippen molar-refractivity contribution in [2.45, 2.75) is 38.7 Å². The van der Waals surface area contributed by atoms with Crippen LogP contribution < -0.4 is 15.0 Å². The molecular weight excluding hydrogens is 376 g/mol. The highest BCUT2D eigenvalue weighted by Crippen LogP contribution is 2.27. The maximum atomic E-state index is 12.2. The molecule has 2 rings (SSSR count). The van der Waals surface area contributed by atoms with Gasteiger partial charge in [-0.2, -0.15) is 0 Å². The largest absolute Gasteiger partial charge is 0.480 e. The van der Waals surface area contributed by atoms with E-state index in [4.69, 9.17) is 16.3 Å². The Hall–Kier alpha value is -2.09. The van der Waals surface area contributed by atoms with E-state index in [9.17, 15) is 13.2 Å². The lowest BCUT2D eigenvalue weighted by Gasteiger charge is -2.18. The first-order valence-corrected chi connectivity index (χ1v) is 9.78. The summed E-state index contributed by atoms with van der Waals surface area (Å²) in [7, 11) is -3.86. The normalized spacial score (nSPS) is 12.5. The van der Waals surface area contributed by atoms with Crippen LogP contribution in [0.2, 0.25) is 5.02 Å². The molecule has 0 aliphatic carbocycles. The molecule has 6 nitrogen and oxygen atoms in total. The number of sulfonamides is 1. The van der Waals surface area contributed by atoms with E-state index in [1.165, 1.54) is 19.1 Å². The maximum Gasteiger partial charge on any atom is 0.275 e. The molecule has 0 saturated carbocycles. The predicted octanol–water partition coefficient (Wildman–Crippen LogP) is 3.04. The molecule has 1 atom stereocenters. The maximum absolute atomic E-state index is 12.2. The Morgan fingerprint density at radius 1 is 1.08 bits per heavy atom. The Kier molecular flexibility index (Phi) is 6.28. The minimum absolute atomic E-state index is 0.0568. The van der Waals surface area contributed by atoms with Crippen molar-refractivity contribution >= 4 is 27.5 Å². The highest BCUT2D eigenvalue weighted by molar-refractivity contribution is 7.89. The summed E-state index contributed by atoms with van der Waals surface area (Å²) in [4.78, 5) is 14.3. The minimum Gasteiger partial charge on any atom is -0.480 e. The minimum atomic E-state index is -3.86. The summed E-state index contributed by atoms with van der Waals surface area (Å²) in [5.41, 5.74) is 4.69. The van der Waals surface area contributed by atoms with Crippen LogP contribution in [0.4, 0.5) is 0 Å². The van der Waals surface area contributed by atoms with Crippen LogP contribution in [0, 0.1) is 20.8 Å². The summed E-state index contributed by atoms with van der Waals surface area (Å²) in [6.45, 7) is 7.02. The number of carbonyl (C=O) groups is 1. The van der Waals surface area contributed by atoms with Gasteiger partial charge in [-0.1, -0.05) is 29.3 Å². The number of hydrogen-bond acceptors (Lipinski definition) is 4. The van der Waals surface area contributed by atoms with Crippen molar-refractivity contribution in [2.75, 3.05) is 0 Å². The van der Waals surface area contributed by atoms with Gasteiger partial charge < -0.3 is 4.74 Å². The zero-order valence-electron chi connectivity index (χ0n) is 15.0. The van der Waals surface area contributed by atoms with Crippen molar-refractivity contribution in [1.82, 2.24) is 10.3 Å². The van der Waals surface area contributed by atoms with Crippen molar-refractivity contribution in [1.29, 1.82) is 0 Å². The van der Waals surface area contributed by atoms with Gasteiger partial charge in [0.15, 0.2) is 6.10 Å². The van der Waals surface area contributed by atoms with Crippen molar-refractivity contribution in [3.8, 4) is 5.75 Å². The number of rotatable bonds is 6. The number of hydrogen-bond donors (Lipinski definition) is 2. The van der Waals surface area contributed by atoms with Crippen LogP contribution in [0.25, 0.3) is 0 Å². The van der Waals surface area contributed by atoms with Gasteiger partial charge in [0, 0.05) is 5.02 Å². The summed E-state index contributed by atoms with van der Waals surface area (Å²) in [5, 5.41) is 0.579. The van der Waals surface area contributed by atoms with E-state index in [2.05, 4.69) is 10.3 Å². The molecular formula is C18H21ClN2O4S. The molecule has 0 aliphatic rings. The SMILES string of the molecule is Cc1ccc(S(=O)(=O)NNC(=O)[C@H](C)Oc2c(C)cc(Cl)cc2C)cc1. The zero-order chi connectivity index (χ0) is 19.5. The van der Waals surface area contributed by atoms with Gasteiger partial charge in [-0.15, -0.1) is 4.83 Å². The first-order chi connectivity index (χ1) is 12.1. The first kappa shape index (κ1) is 20.2. The van der Waals surface area contributed by atoms with Gasteiger partial charge in [0.05, 0.1) is 4.90 Å². The second kappa shape index (κ2) is 8.07. The molecule has 2 N–H and O–H groups in total. The van der Waals surface area contributed by atoms with Crippen molar-refractivity contribution in [2.24, 2.45) is 0 Å². The quantitative estimate of drug-likeness (QED) is 0.735. The topological polar surface area (TPSA) is 84.5 Å². The Labute approximate surface area is 158 Å². The molecule has 0 unspecified atom stereocenters. The zero-order valence-corrected chi connectivity index (χ0v) is 16.5. The van der Waals surface area contributed by atoms with E-state index >= 15 is 0 Å². The molecule has 0 aliphatic heterocycles. The number of hydrazine groups is 1. The van der Waals surface area contributed by atoms with Gasteiger partial charge in [-0.25, -0.2) is 8.42 Å². The molecule has 2 aromatic rings. The van der Waals surface area contributed by atoms with Crippen LogP contribution in [0.15, 0.2) is 41.3 Å². The summed E-state index contributed by atoms with van der Waals surface area (Å²) in [6.07, 6.45) is -0.908. The number of nitrogens with one attached hydrogen (secondary N) is 2. The van der Waals surface area contributed by atoms with E-state index in [0.29, 0.717) is 10.8 Å². The van der Waals surface area contributed by atoms with Crippen LogP contribution in [0.5, 0.6) is 5.75 Å². The summed E-state index contributed by atoms with van der Waals surface area (Å²) in [6, 6.07) is 9.74. The van der Waals surface area contributed by atoms with E-state index in [-0.39, 0.29) is 4.90 Å². The lowest BCUT2D eigenvalue weighted by molar-refractivity contribution is -0.127. The van der Waals surface area contributed by atoms with Gasteiger partial charge >= 0.3 is 0 Å². The van der Waals surface area contributed by atoms with E-state index in [1.54, 1.807) is 24.3 Å². The Morgan fingerprint density at radius 3 is 2.15 bits per heavy atom. The van der Waals surface area contributed by atoms with Crippen LogP contribution in [-0.4, -0.2) is 20.4 Å². The summed E-state index contributed by atoms with van der Waals surface area (Å²) >= 11 is 5.98. The van der Waals surface area contributed by atoms with Crippen LogP contribution >= 0.6 is 11.6 Å². The first-order valence-electron chi connectivity index (χ1n) is 7.92. The number of aryl methyl sites for hydroxylation is 3. The van der Waals surface area contributed by atoms with Gasteiger partial charge in [0.2, 0.25) is 0 Å². The fourth-order valence-corrected chi connectivity index (χ4v) is 3.48. The fourth-order valence-electron chi connectivity index (χ4n) is 2.31. The molecule has 8 heteroatoms. The number of benzene rings is 2. The molecule has 140 valence electrons. The van der Waals surface area contributed by atoms with E-state index in [1.807, 2.05) is 20.8 Å². The average Bonchev–Trinajstić information content (AvgIpc) is 2.56. The van der Waals surface area contributed by atoms with E-state index in [0.717, 1.165) is 16.7 Å². The van der Waals surface area contributed by atoms with Gasteiger partial charge in [0.1, 0.15) is 5.75 Å². The smallest absolute Gasteiger partial charge is 0.275 e. The molecule has 0 heterocycles. The van der Waals surface area contributed by atoms with Gasteiger partial charge in [-0.3, -0.25) is 10.2 Å². The summed E-state index contributed by atoms with van der Waals surface area (Å²) in [5.74, 6) is -0.0760. The number of amides is 1. The molecule has 1 amide bonds. The molecule has 26 heavy (non-hydrogen) atoms. The van der Waals surface area contributed by atoms with Crippen LogP contribution in [0.1, 0.15) is 23.6 Å². The predicted molar refractivity (Wildman–Crippen MR) is 101 cm³/mol. The third-order valence-corrected chi connectivity index (χ3v) is 5.21. The highest BCUT2D eigenvalue weighted by Gasteiger charge is 2.20. The van der Waals surface area contributed by atoms with Gasteiger partial charge in [-0.05, 0) is 63.1 Å². The summed E-state index contributed by atoms with van der Waals surface area (Å²) < 4.78 is 30.1. The molecule has 0 aromatic heterocycles. The Balaban J connectivity index is 2.02. The van der Waals surface area contributed by atoms with Crippen molar-refractivity contribution < 1.29 is 17.9 Å². The fraction of sp³-hybridized carbons (Fsp3) is 0.278. The highest BCUT2D eigenvalue weighted by atomic mass is 35.5. The van der Waals surface area contributed by atoms with E-state index < -0.39 is 22.0 Å². The van der Waals surface area contributed by atoms with Crippen molar-refractivity contribution in [3.05, 3.63) is 58.1 Å². The second-order valence-electron chi connectivity index (χ2n) is 6.04. The van der Waals surface area contributed by atoms with Crippen LogP contribution in [0.3, 0.4) is 0 Å². The molecule has 0 radical (unpaired) electrons. The van der Waals surface area contributed by atoms with Crippen molar-refractivity contribution in [3.63, 3.8) is 0 Å². The lowest BCUT2D eigenvalue weighted by atomic mass is 10.1. The van der Waals surface area contributed by atoms with Crippen LogP contribution in [-0.2, 0) is 14.8 Å². The lowest BCUT2D eigenvalue weighted by Crippen LogP contribution is -2.47. The Bertz CT molecular complexity index is 888. The third-order valence-electron chi connectivity index (χ3n) is 3.73. The Morgan fingerprint density at radius 2 is 1.62 bits per heavy atom. The second-order valence-corrected chi connectivity index (χ2v) is 8.16. The molecule has 0 bridgehead atoms. The average molecular weight is 397 g/mol. The third kappa shape index (κ3) is 4.97. The van der Waals surface area contributed by atoms with Gasteiger partial charge in [0.25, 0.3) is 15.9 Å². The number of halogens is 1.